The van der Waals surface area contributed by atoms with E-state index in [4.69, 9.17) is 11.6 Å². The molecule has 0 radical (unpaired) electrons. The second-order valence-electron chi connectivity index (χ2n) is 6.15. The number of nitrogens with one attached hydrogen (secondary N) is 1. The molecule has 0 saturated heterocycles. The molecule has 2 heterocycles. The van der Waals surface area contributed by atoms with Gasteiger partial charge in [0.25, 0.3) is 0 Å². The van der Waals surface area contributed by atoms with Crippen LogP contribution in [0, 0.1) is 0 Å². The van der Waals surface area contributed by atoms with Crippen molar-refractivity contribution in [1.29, 1.82) is 0 Å². The molecule has 138 valence electrons. The lowest BCUT2D eigenvalue weighted by atomic mass is 9.91. The van der Waals surface area contributed by atoms with Gasteiger partial charge in [0, 0.05) is 32.1 Å². The van der Waals surface area contributed by atoms with Gasteiger partial charge in [-0.05, 0) is 42.0 Å². The van der Waals surface area contributed by atoms with Gasteiger partial charge < -0.3 is 5.32 Å². The first-order chi connectivity index (χ1) is 12.9. The summed E-state index contributed by atoms with van der Waals surface area (Å²) in [6.45, 7) is 0. The standard InChI is InChI=1S/C19H13BrClNO3S2/c20-12-3-1-11(2-4-12)15-9-17(23)22-18-16(10-26-19(15)18)27(24,25)14-7-5-13(21)6-8-14/h1-8,10,15H,9H2,(H,22,23)/t15-/m0/s1. The van der Waals surface area contributed by atoms with Crippen molar-refractivity contribution in [1.82, 2.24) is 0 Å². The van der Waals surface area contributed by atoms with Gasteiger partial charge in [0.05, 0.1) is 10.6 Å². The summed E-state index contributed by atoms with van der Waals surface area (Å²) < 4.78 is 27.1. The average Bonchev–Trinajstić information content (AvgIpc) is 3.06. The van der Waals surface area contributed by atoms with Gasteiger partial charge in [0.1, 0.15) is 4.90 Å². The first-order valence-corrected chi connectivity index (χ1v) is 11.6. The van der Waals surface area contributed by atoms with E-state index < -0.39 is 9.84 Å². The van der Waals surface area contributed by atoms with Crippen LogP contribution in [0.15, 0.2) is 68.2 Å². The highest BCUT2D eigenvalue weighted by Crippen LogP contribution is 2.46. The van der Waals surface area contributed by atoms with Crippen LogP contribution in [-0.4, -0.2) is 14.3 Å². The molecule has 0 aliphatic carbocycles. The molecule has 8 heteroatoms. The van der Waals surface area contributed by atoms with Crippen molar-refractivity contribution in [3.05, 3.63) is 73.8 Å². The number of anilines is 1. The van der Waals surface area contributed by atoms with E-state index in [9.17, 15) is 13.2 Å². The minimum Gasteiger partial charge on any atom is -0.324 e. The third-order valence-electron chi connectivity index (χ3n) is 4.44. The van der Waals surface area contributed by atoms with Crippen LogP contribution in [0.1, 0.15) is 22.8 Å². The van der Waals surface area contributed by atoms with Gasteiger partial charge in [-0.3, -0.25) is 4.79 Å². The Kier molecular flexibility index (Phi) is 4.88. The molecule has 0 saturated carbocycles. The summed E-state index contributed by atoms with van der Waals surface area (Å²) in [5.74, 6) is -0.359. The molecule has 4 nitrogen and oxygen atoms in total. The fourth-order valence-corrected chi connectivity index (χ4v) is 6.41. The highest BCUT2D eigenvalue weighted by atomic mass is 79.9. The summed E-state index contributed by atoms with van der Waals surface area (Å²) in [4.78, 5) is 13.4. The number of hydrogen-bond acceptors (Lipinski definition) is 4. The van der Waals surface area contributed by atoms with Crippen LogP contribution in [0.25, 0.3) is 0 Å². The monoisotopic (exact) mass is 481 g/mol. The molecule has 1 atom stereocenters. The van der Waals surface area contributed by atoms with Gasteiger partial charge in [-0.2, -0.15) is 0 Å². The molecule has 1 N–H and O–H groups in total. The number of fused-ring (bicyclic) bond motifs is 1. The maximum absolute atomic E-state index is 13.1. The lowest BCUT2D eigenvalue weighted by molar-refractivity contribution is -0.116. The summed E-state index contributed by atoms with van der Waals surface area (Å²) >= 11 is 10.6. The number of hydrogen-bond donors (Lipinski definition) is 1. The summed E-state index contributed by atoms with van der Waals surface area (Å²) in [5, 5.41) is 4.83. The van der Waals surface area contributed by atoms with Crippen molar-refractivity contribution in [3.8, 4) is 0 Å². The number of halogens is 2. The van der Waals surface area contributed by atoms with E-state index in [-0.39, 0.29) is 28.0 Å². The Bertz CT molecular complexity index is 1120. The first-order valence-electron chi connectivity index (χ1n) is 8.03. The molecule has 1 aliphatic rings. The molecule has 1 aliphatic heterocycles. The van der Waals surface area contributed by atoms with Crippen molar-refractivity contribution < 1.29 is 13.2 Å². The Labute approximate surface area is 174 Å². The van der Waals surface area contributed by atoms with Gasteiger partial charge in [-0.25, -0.2) is 8.42 Å². The Morgan fingerprint density at radius 3 is 2.41 bits per heavy atom. The molecule has 2 aromatic carbocycles. The summed E-state index contributed by atoms with van der Waals surface area (Å²) in [5.41, 5.74) is 1.37. The molecule has 0 bridgehead atoms. The van der Waals surface area contributed by atoms with Crippen molar-refractivity contribution in [2.24, 2.45) is 0 Å². The van der Waals surface area contributed by atoms with Crippen LogP contribution in [0.4, 0.5) is 5.69 Å². The van der Waals surface area contributed by atoms with Crippen molar-refractivity contribution in [3.63, 3.8) is 0 Å². The lowest BCUT2D eigenvalue weighted by Crippen LogP contribution is -2.23. The molecule has 1 amide bonds. The molecule has 0 fully saturated rings. The minimum atomic E-state index is -3.76. The summed E-state index contributed by atoms with van der Waals surface area (Å²) in [6, 6.07) is 13.7. The largest absolute Gasteiger partial charge is 0.324 e. The average molecular weight is 483 g/mol. The first kappa shape index (κ1) is 18.7. The Hall–Kier alpha value is -1.67. The van der Waals surface area contributed by atoms with E-state index in [1.165, 1.54) is 35.6 Å². The van der Waals surface area contributed by atoms with Crippen molar-refractivity contribution in [2.45, 2.75) is 22.1 Å². The predicted molar refractivity (Wildman–Crippen MR) is 110 cm³/mol. The number of benzene rings is 2. The third kappa shape index (κ3) is 3.45. The predicted octanol–water partition coefficient (Wildman–Crippen LogP) is 5.47. The second-order valence-corrected chi connectivity index (χ2v) is 10.3. The van der Waals surface area contributed by atoms with E-state index in [0.717, 1.165) is 14.9 Å². The maximum Gasteiger partial charge on any atom is 0.225 e. The summed E-state index contributed by atoms with van der Waals surface area (Å²) in [6.07, 6.45) is 0.287. The van der Waals surface area contributed by atoms with E-state index in [1.54, 1.807) is 5.38 Å². The van der Waals surface area contributed by atoms with Gasteiger partial charge >= 0.3 is 0 Å². The molecule has 4 rings (SSSR count). The molecule has 0 unspecified atom stereocenters. The van der Waals surface area contributed by atoms with Crippen LogP contribution >= 0.6 is 38.9 Å². The molecular weight excluding hydrogens is 470 g/mol. The van der Waals surface area contributed by atoms with E-state index in [2.05, 4.69) is 21.2 Å². The van der Waals surface area contributed by atoms with Crippen LogP contribution in [0.2, 0.25) is 5.02 Å². The zero-order chi connectivity index (χ0) is 19.2. The van der Waals surface area contributed by atoms with Gasteiger partial charge in [-0.15, -0.1) is 11.3 Å². The fourth-order valence-electron chi connectivity index (χ4n) is 3.11. The van der Waals surface area contributed by atoms with Crippen LogP contribution < -0.4 is 5.32 Å². The second kappa shape index (κ2) is 7.05. The van der Waals surface area contributed by atoms with Crippen LogP contribution in [0.5, 0.6) is 0 Å². The van der Waals surface area contributed by atoms with Crippen LogP contribution in [0.3, 0.4) is 0 Å². The Morgan fingerprint density at radius 1 is 1.07 bits per heavy atom. The number of carbonyl (C=O) groups excluding carboxylic acids is 1. The van der Waals surface area contributed by atoms with E-state index >= 15 is 0 Å². The number of thiophene rings is 1. The van der Waals surface area contributed by atoms with Crippen molar-refractivity contribution >= 4 is 60.3 Å². The van der Waals surface area contributed by atoms with E-state index in [1.807, 2.05) is 24.3 Å². The molecular formula is C19H13BrClNO3S2. The highest BCUT2D eigenvalue weighted by Gasteiger charge is 2.34. The van der Waals surface area contributed by atoms with E-state index in [0.29, 0.717) is 10.7 Å². The Morgan fingerprint density at radius 2 is 1.74 bits per heavy atom. The number of rotatable bonds is 3. The fraction of sp³-hybridized carbons (Fsp3) is 0.105. The van der Waals surface area contributed by atoms with Crippen LogP contribution in [-0.2, 0) is 14.6 Å². The third-order valence-corrected chi connectivity index (χ3v) is 8.26. The number of sulfone groups is 1. The Balaban J connectivity index is 1.82. The van der Waals surface area contributed by atoms with Gasteiger partial charge in [-0.1, -0.05) is 39.7 Å². The minimum absolute atomic E-state index is 0.125. The molecule has 3 aromatic rings. The quantitative estimate of drug-likeness (QED) is 0.538. The normalized spacial score (nSPS) is 16.7. The molecule has 0 spiro atoms. The number of amides is 1. The molecule has 27 heavy (non-hydrogen) atoms. The SMILES string of the molecule is O=C1C[C@@H](c2ccc(Br)cc2)c2scc(S(=O)(=O)c3ccc(Cl)cc3)c2N1. The highest BCUT2D eigenvalue weighted by molar-refractivity contribution is 9.10. The zero-order valence-electron chi connectivity index (χ0n) is 13.8. The van der Waals surface area contributed by atoms with Gasteiger partial charge in [0.15, 0.2) is 0 Å². The maximum atomic E-state index is 13.1. The lowest BCUT2D eigenvalue weighted by Gasteiger charge is -2.23. The number of carbonyl (C=O) groups is 1. The topological polar surface area (TPSA) is 63.2 Å². The smallest absolute Gasteiger partial charge is 0.225 e. The summed E-state index contributed by atoms with van der Waals surface area (Å²) in [7, 11) is -3.76. The van der Waals surface area contributed by atoms with Crippen molar-refractivity contribution in [2.75, 3.05) is 5.32 Å². The zero-order valence-corrected chi connectivity index (χ0v) is 17.8. The van der Waals surface area contributed by atoms with Gasteiger partial charge in [0.2, 0.25) is 15.7 Å². The molecule has 1 aromatic heterocycles.